The first-order valence-corrected chi connectivity index (χ1v) is 17.8. The number of halogens is 1. The summed E-state index contributed by atoms with van der Waals surface area (Å²) in [5, 5.41) is 10.2. The smallest absolute Gasteiger partial charge is 0.261 e. The summed E-state index contributed by atoms with van der Waals surface area (Å²) in [4.78, 5) is 18.0. The molecule has 1 amide bonds. The Morgan fingerprint density at radius 2 is 1.79 bits per heavy atom. The second kappa shape index (κ2) is 17.1. The number of aliphatic hydroxyl groups excluding tert-OH is 1. The van der Waals surface area contributed by atoms with Crippen LogP contribution in [0.5, 0.6) is 11.5 Å². The van der Waals surface area contributed by atoms with Crippen molar-refractivity contribution in [3.8, 4) is 11.5 Å². The summed E-state index contributed by atoms with van der Waals surface area (Å²) < 4.78 is 60.2. The Morgan fingerprint density at radius 1 is 1.08 bits per heavy atom. The normalized spacial score (nSPS) is 20.4. The molecule has 10 nitrogen and oxygen atoms in total. The highest BCUT2D eigenvalue weighted by Gasteiger charge is 2.30. The van der Waals surface area contributed by atoms with Crippen molar-refractivity contribution in [2.75, 3.05) is 45.2 Å². The molecule has 0 fully saturated rings. The summed E-state index contributed by atoms with van der Waals surface area (Å²) in [6, 6.07) is 16.5. The first-order chi connectivity index (χ1) is 22.9. The molecule has 0 unspecified atom stereocenters. The number of carbonyl (C=O) groups is 1. The lowest BCUT2D eigenvalue weighted by Gasteiger charge is -2.36. The van der Waals surface area contributed by atoms with Crippen LogP contribution in [-0.2, 0) is 21.3 Å². The van der Waals surface area contributed by atoms with Crippen molar-refractivity contribution in [2.24, 2.45) is 5.92 Å². The number of hydrogen-bond donors (Lipinski definition) is 2. The quantitative estimate of drug-likeness (QED) is 0.285. The van der Waals surface area contributed by atoms with Gasteiger partial charge in [0.25, 0.3) is 15.9 Å². The predicted molar refractivity (Wildman–Crippen MR) is 183 cm³/mol. The molecule has 0 saturated carbocycles. The summed E-state index contributed by atoms with van der Waals surface area (Å²) in [5.41, 5.74) is 1.45. The number of ether oxygens (including phenoxy) is 3. The minimum absolute atomic E-state index is 0.118. The molecule has 3 aromatic rings. The average molecular weight is 686 g/mol. The van der Waals surface area contributed by atoms with Gasteiger partial charge in [-0.25, -0.2) is 12.8 Å². The minimum Gasteiger partial charge on any atom is -0.497 e. The zero-order valence-electron chi connectivity index (χ0n) is 28.4. The number of hydrogen-bond acceptors (Lipinski definition) is 8. The van der Waals surface area contributed by atoms with Crippen LogP contribution in [0.1, 0.15) is 56.0 Å². The van der Waals surface area contributed by atoms with E-state index in [9.17, 15) is 22.7 Å². The van der Waals surface area contributed by atoms with Crippen LogP contribution in [-0.4, -0.2) is 87.9 Å². The zero-order chi connectivity index (χ0) is 34.8. The van der Waals surface area contributed by atoms with Gasteiger partial charge in [-0.3, -0.25) is 14.4 Å². The van der Waals surface area contributed by atoms with Gasteiger partial charge in [-0.05, 0) is 100 Å². The summed E-state index contributed by atoms with van der Waals surface area (Å²) in [7, 11) is -0.395. The number of sulfonamides is 1. The number of rotatable bonds is 10. The topological polar surface area (TPSA) is 118 Å². The first-order valence-electron chi connectivity index (χ1n) is 16.3. The molecular weight excluding hydrogens is 637 g/mol. The summed E-state index contributed by atoms with van der Waals surface area (Å²) >= 11 is 0. The summed E-state index contributed by atoms with van der Waals surface area (Å²) in [6.07, 6.45) is 1.99. The van der Waals surface area contributed by atoms with Gasteiger partial charge in [0.1, 0.15) is 17.3 Å². The van der Waals surface area contributed by atoms with Crippen molar-refractivity contribution in [1.29, 1.82) is 0 Å². The molecule has 0 aromatic heterocycles. The van der Waals surface area contributed by atoms with Crippen LogP contribution in [0.4, 0.5) is 10.1 Å². The van der Waals surface area contributed by atoms with Gasteiger partial charge in [-0.1, -0.05) is 19.1 Å². The Hall–Kier alpha value is -3.71. The molecule has 4 rings (SSSR count). The zero-order valence-corrected chi connectivity index (χ0v) is 29.2. The van der Waals surface area contributed by atoms with Gasteiger partial charge in [0.05, 0.1) is 42.4 Å². The number of nitrogens with zero attached hydrogens (tertiary/aromatic N) is 2. The fourth-order valence-corrected chi connectivity index (χ4v) is 6.74. The summed E-state index contributed by atoms with van der Waals surface area (Å²) in [5.74, 6) is 0.0411. The van der Waals surface area contributed by atoms with Gasteiger partial charge >= 0.3 is 0 Å². The van der Waals surface area contributed by atoms with E-state index in [0.29, 0.717) is 25.4 Å². The molecule has 0 bridgehead atoms. The van der Waals surface area contributed by atoms with E-state index in [0.717, 1.165) is 42.7 Å². The third kappa shape index (κ3) is 10.1. The monoisotopic (exact) mass is 685 g/mol. The number of anilines is 1. The third-order valence-electron chi connectivity index (χ3n) is 8.53. The number of aliphatic hydroxyl groups is 1. The van der Waals surface area contributed by atoms with Crippen LogP contribution in [0.15, 0.2) is 71.6 Å². The highest BCUT2D eigenvalue weighted by molar-refractivity contribution is 7.92. The number of amides is 1. The van der Waals surface area contributed by atoms with Gasteiger partial charge in [0.2, 0.25) is 0 Å². The Kier molecular flexibility index (Phi) is 13.2. The van der Waals surface area contributed by atoms with Crippen molar-refractivity contribution < 1.29 is 36.9 Å². The largest absolute Gasteiger partial charge is 0.497 e. The molecular formula is C36H48FN3O7S. The second-order valence-electron chi connectivity index (χ2n) is 12.6. The van der Waals surface area contributed by atoms with Crippen molar-refractivity contribution in [3.05, 3.63) is 83.7 Å². The van der Waals surface area contributed by atoms with E-state index in [4.69, 9.17) is 14.2 Å². The van der Waals surface area contributed by atoms with Crippen LogP contribution in [0.25, 0.3) is 0 Å². The Bertz CT molecular complexity index is 1590. The van der Waals surface area contributed by atoms with Gasteiger partial charge < -0.3 is 24.2 Å². The van der Waals surface area contributed by atoms with Crippen molar-refractivity contribution >= 4 is 21.6 Å². The lowest BCUT2D eigenvalue weighted by atomic mass is 10.0. The predicted octanol–water partition coefficient (Wildman–Crippen LogP) is 5.56. The number of benzene rings is 3. The van der Waals surface area contributed by atoms with Gasteiger partial charge in [-0.15, -0.1) is 0 Å². The third-order valence-corrected chi connectivity index (χ3v) is 9.93. The molecule has 1 aliphatic rings. The Morgan fingerprint density at radius 3 is 2.46 bits per heavy atom. The van der Waals surface area contributed by atoms with E-state index < -0.39 is 27.8 Å². The van der Waals surface area contributed by atoms with Crippen LogP contribution >= 0.6 is 0 Å². The van der Waals surface area contributed by atoms with E-state index in [1.165, 1.54) is 24.3 Å². The Labute approximate surface area is 283 Å². The Balaban J connectivity index is 1.62. The van der Waals surface area contributed by atoms with Crippen LogP contribution < -0.4 is 14.2 Å². The molecule has 48 heavy (non-hydrogen) atoms. The number of fused-ring (bicyclic) bond motifs is 1. The van der Waals surface area contributed by atoms with Gasteiger partial charge in [0.15, 0.2) is 0 Å². The molecule has 1 aliphatic heterocycles. The molecule has 0 radical (unpaired) electrons. The van der Waals surface area contributed by atoms with Crippen LogP contribution in [0.2, 0.25) is 0 Å². The average Bonchev–Trinajstić information content (AvgIpc) is 3.06. The molecule has 262 valence electrons. The fraction of sp³-hybridized carbons (Fsp3) is 0.472. The molecule has 0 aliphatic carbocycles. The number of methoxy groups -OCH3 is 1. The maximum atomic E-state index is 14.4. The van der Waals surface area contributed by atoms with E-state index in [-0.39, 0.29) is 47.4 Å². The fourth-order valence-electron chi connectivity index (χ4n) is 5.69. The minimum atomic E-state index is -4.07. The molecule has 2 N–H and O–H groups in total. The van der Waals surface area contributed by atoms with Gasteiger partial charge in [-0.2, -0.15) is 0 Å². The van der Waals surface area contributed by atoms with Crippen LogP contribution in [0, 0.1) is 11.7 Å². The number of carbonyl (C=O) groups excluding carboxylic acids is 1. The standard InChI is InChI=1S/C36H48FN3O7S/c1-25-21-40(26(2)24-41)36(42)33-20-30(38-48(43,44)32-16-11-29(37)12-17-32)13-18-34(33)47-27(3)8-6-7-19-46-35(25)23-39(4)22-28-9-14-31(45-5)15-10-28/h9-18,20,25-27,35,38,41H,6-8,19,21-24H2,1-5H3/t25-,26+,27-,35+/m0/s1. The molecule has 1 heterocycles. The SMILES string of the molecule is COc1ccc(CN(C)C[C@H]2OCCCC[C@H](C)Oc3ccc(NS(=O)(=O)c4ccc(F)cc4)cc3C(=O)N([C@H](C)CO)C[C@@H]2C)cc1. The first kappa shape index (κ1) is 37.1. The summed E-state index contributed by atoms with van der Waals surface area (Å²) in [6.45, 7) is 7.62. The number of nitrogens with one attached hydrogen (secondary N) is 1. The molecule has 4 atom stereocenters. The van der Waals surface area contributed by atoms with Crippen LogP contribution in [0.3, 0.4) is 0 Å². The molecule has 0 spiro atoms. The highest BCUT2D eigenvalue weighted by atomic mass is 32.2. The molecule has 3 aromatic carbocycles. The van der Waals surface area contributed by atoms with E-state index in [1.807, 2.05) is 45.2 Å². The van der Waals surface area contributed by atoms with E-state index in [2.05, 4.69) is 9.62 Å². The van der Waals surface area contributed by atoms with Crippen molar-refractivity contribution in [1.82, 2.24) is 9.80 Å². The highest BCUT2D eigenvalue weighted by Crippen LogP contribution is 2.30. The van der Waals surface area contributed by atoms with Gasteiger partial charge in [0, 0.05) is 37.8 Å². The lowest BCUT2D eigenvalue weighted by molar-refractivity contribution is -0.0177. The van der Waals surface area contributed by atoms with E-state index in [1.54, 1.807) is 25.0 Å². The van der Waals surface area contributed by atoms with E-state index >= 15 is 0 Å². The maximum Gasteiger partial charge on any atom is 0.261 e. The van der Waals surface area contributed by atoms with Crippen molar-refractivity contribution in [2.45, 2.75) is 69.7 Å². The second-order valence-corrected chi connectivity index (χ2v) is 14.3. The maximum absolute atomic E-state index is 14.4. The molecule has 12 heteroatoms. The lowest BCUT2D eigenvalue weighted by Crippen LogP contribution is -2.47. The molecule has 0 saturated heterocycles. The number of likely N-dealkylation sites (N-methyl/N-ethyl adjacent to an activating group) is 1. The van der Waals surface area contributed by atoms with Crippen molar-refractivity contribution in [3.63, 3.8) is 0 Å².